The molecule has 6 heterocycles. The minimum Gasteiger partial charge on any atom is -0.486 e. The van der Waals surface area contributed by atoms with Crippen molar-refractivity contribution in [1.82, 2.24) is 38.1 Å². The van der Waals surface area contributed by atoms with Crippen molar-refractivity contribution in [2.45, 2.75) is 51.0 Å². The maximum Gasteiger partial charge on any atom is 0.316 e. The number of ether oxygens (including phenoxy) is 2. The van der Waals surface area contributed by atoms with E-state index in [0.717, 1.165) is 42.5 Å². The Morgan fingerprint density at radius 2 is 0.954 bits per heavy atom. The van der Waals surface area contributed by atoms with Crippen molar-refractivity contribution in [1.29, 1.82) is 0 Å². The number of piperazine rings is 2. The van der Waals surface area contributed by atoms with Gasteiger partial charge in [-0.2, -0.15) is 28.2 Å². The highest BCUT2D eigenvalue weighted by Gasteiger charge is 2.40. The summed E-state index contributed by atoms with van der Waals surface area (Å²) in [6.45, 7) is 7.69. The van der Waals surface area contributed by atoms with E-state index in [9.17, 15) is 26.4 Å². The van der Waals surface area contributed by atoms with Crippen molar-refractivity contribution in [3.63, 3.8) is 0 Å². The van der Waals surface area contributed by atoms with E-state index in [1.807, 2.05) is 70.5 Å². The first kappa shape index (κ1) is 61.2. The zero-order valence-electron chi connectivity index (χ0n) is 48.0. The fraction of sp³-hybridized carbons (Fsp3) is 0.317. The molecule has 2 aliphatic heterocycles. The van der Waals surface area contributed by atoms with Crippen LogP contribution in [0.15, 0.2) is 173 Å². The summed E-state index contributed by atoms with van der Waals surface area (Å²) in [5.74, 6) is 0.511. The molecule has 0 radical (unpaired) electrons. The summed E-state index contributed by atoms with van der Waals surface area (Å²) >= 11 is 18.2. The number of hydrogen-bond donors (Lipinski definition) is 0. The van der Waals surface area contributed by atoms with Crippen molar-refractivity contribution in [3.8, 4) is 22.9 Å². The Balaban J connectivity index is 0.000000189. The van der Waals surface area contributed by atoms with Crippen LogP contribution in [-0.2, 0) is 31.6 Å². The normalized spacial score (nSPS) is 16.5. The molecule has 24 heteroatoms. The molecule has 87 heavy (non-hydrogen) atoms. The quantitative estimate of drug-likeness (QED) is 0.0545. The molecule has 452 valence electrons. The fourth-order valence-corrected chi connectivity index (χ4v) is 13.7. The number of sulfonamides is 2. The maximum atomic E-state index is 13.7. The van der Waals surface area contributed by atoms with Gasteiger partial charge in [0, 0.05) is 96.8 Å². The lowest BCUT2D eigenvalue weighted by Crippen LogP contribution is -2.49. The summed E-state index contributed by atoms with van der Waals surface area (Å²) in [5, 5.41) is 10.1. The number of aliphatic imine (C=N–C) groups is 1. The lowest BCUT2D eigenvalue weighted by molar-refractivity contribution is 0.242. The largest absolute Gasteiger partial charge is 0.486 e. The van der Waals surface area contributed by atoms with E-state index in [0.29, 0.717) is 89.1 Å². The van der Waals surface area contributed by atoms with Gasteiger partial charge in [-0.1, -0.05) is 121 Å². The molecule has 0 spiro atoms. The van der Waals surface area contributed by atoms with Crippen LogP contribution >= 0.6 is 34.8 Å². The molecule has 2 saturated heterocycles. The van der Waals surface area contributed by atoms with Crippen LogP contribution in [0.4, 0.5) is 17.2 Å². The van der Waals surface area contributed by atoms with Gasteiger partial charge in [-0.05, 0) is 97.5 Å². The molecular formula is C63H64Cl3N11O8S2. The zero-order valence-corrected chi connectivity index (χ0v) is 51.9. The topological polar surface area (TPSA) is 208 Å². The van der Waals surface area contributed by atoms with Crippen LogP contribution in [0.25, 0.3) is 11.4 Å². The molecule has 0 bridgehead atoms. The molecule has 12 rings (SSSR count). The summed E-state index contributed by atoms with van der Waals surface area (Å²) in [7, 11) is -7.22. The number of anilines is 2. The molecule has 4 aliphatic rings. The van der Waals surface area contributed by atoms with Gasteiger partial charge in [0.05, 0.1) is 54.2 Å². The lowest BCUT2D eigenvalue weighted by atomic mass is 10.0. The number of aromatic nitrogens is 6. The van der Waals surface area contributed by atoms with E-state index in [2.05, 4.69) is 34.0 Å². The molecule has 4 aromatic heterocycles. The average Bonchev–Trinajstić information content (AvgIpc) is 4.07. The van der Waals surface area contributed by atoms with Crippen molar-refractivity contribution >= 4 is 77.8 Å². The summed E-state index contributed by atoms with van der Waals surface area (Å²) in [6.07, 6.45) is 10.5. The Kier molecular flexibility index (Phi) is 18.3. The average molecular weight is 1270 g/mol. The SMILES string of the molecule is CC1(COc2c(N3CCN(S(=O)(=O)Cc4ccnc(Cl)c4)CC3)cnn(-c3cccc(Cl)c3)c2=O)CC1.CC1(COc2c(N3CCN(S(=O)(=O)Cc4ccnc(N=C(c5ccccc5)c5ccccc5)c4)CC3)cnn(-c3cccc(Cl)c3)c2=O)CC1. The second-order valence-corrected chi connectivity index (χ2v) is 28.0. The number of pyridine rings is 2. The van der Waals surface area contributed by atoms with Gasteiger partial charge in [-0.15, -0.1) is 0 Å². The smallest absolute Gasteiger partial charge is 0.316 e. The zero-order chi connectivity index (χ0) is 60.9. The van der Waals surface area contributed by atoms with Crippen LogP contribution in [0.3, 0.4) is 0 Å². The fourth-order valence-electron chi connectivity index (χ4n) is 10.1. The van der Waals surface area contributed by atoms with Crippen molar-refractivity contribution in [3.05, 3.63) is 216 Å². The van der Waals surface area contributed by atoms with Crippen molar-refractivity contribution in [2.24, 2.45) is 15.8 Å². The van der Waals surface area contributed by atoms with Crippen molar-refractivity contribution in [2.75, 3.05) is 75.4 Å². The van der Waals surface area contributed by atoms with E-state index in [1.54, 1.807) is 91.4 Å². The second kappa shape index (κ2) is 26.1. The molecule has 8 aromatic rings. The summed E-state index contributed by atoms with van der Waals surface area (Å²) in [5.41, 5.74) is 5.33. The molecule has 2 aliphatic carbocycles. The Morgan fingerprint density at radius 3 is 1.37 bits per heavy atom. The van der Waals surface area contributed by atoms with E-state index >= 15 is 0 Å². The monoisotopic (exact) mass is 1270 g/mol. The minimum atomic E-state index is -3.67. The van der Waals surface area contributed by atoms with Gasteiger partial charge in [-0.3, -0.25) is 9.59 Å². The first-order valence-electron chi connectivity index (χ1n) is 28.5. The van der Waals surface area contributed by atoms with Crippen LogP contribution in [0.1, 0.15) is 61.8 Å². The van der Waals surface area contributed by atoms with Gasteiger partial charge in [0.2, 0.25) is 31.5 Å². The highest BCUT2D eigenvalue weighted by atomic mass is 35.5. The first-order chi connectivity index (χ1) is 41.8. The number of benzene rings is 4. The highest BCUT2D eigenvalue weighted by molar-refractivity contribution is 7.88. The van der Waals surface area contributed by atoms with Crippen LogP contribution in [-0.4, -0.2) is 126 Å². The van der Waals surface area contributed by atoms with Gasteiger partial charge < -0.3 is 19.3 Å². The third-order valence-electron chi connectivity index (χ3n) is 15.8. The van der Waals surface area contributed by atoms with Crippen LogP contribution in [0.2, 0.25) is 15.2 Å². The van der Waals surface area contributed by atoms with Crippen LogP contribution < -0.4 is 30.4 Å². The standard InChI is InChI=1S/C38H37ClN6O4S.C25H27Cl2N5O4S/c1-38(16-17-38)27-49-36-33(25-41-45(37(36)46)32-14-8-13-31(39)24-32)43-19-21-44(22-20-43)50(47,48)26-28-15-18-40-34(23-28)42-35(29-9-4-2-5-10-29)30-11-6-3-7-12-30;1-25(6-7-25)17-36-23-21(15-29-32(24(23)33)20-4-2-3-19(26)14-20)30-9-11-31(12-10-30)37(34,35)16-18-5-8-28-22(27)13-18/h2-15,18,23-25H,16-17,19-22,26-27H2,1H3;2-5,8,13-15H,6-7,9-12,16-17H2,1H3. The van der Waals surface area contributed by atoms with Gasteiger partial charge in [0.25, 0.3) is 0 Å². The Bertz CT molecular complexity index is 4130. The summed E-state index contributed by atoms with van der Waals surface area (Å²) in [4.78, 5) is 44.4. The van der Waals surface area contributed by atoms with E-state index < -0.39 is 20.0 Å². The number of halogens is 3. The molecule has 4 aromatic carbocycles. The molecule has 0 amide bonds. The van der Waals surface area contributed by atoms with Gasteiger partial charge in [0.15, 0.2) is 5.82 Å². The molecule has 0 unspecified atom stereocenters. The minimum absolute atomic E-state index is 0.0451. The molecule has 4 fully saturated rings. The van der Waals surface area contributed by atoms with E-state index in [-0.39, 0.29) is 76.3 Å². The van der Waals surface area contributed by atoms with Gasteiger partial charge in [-0.25, -0.2) is 31.8 Å². The number of hydrogen-bond acceptors (Lipinski definition) is 15. The third kappa shape index (κ3) is 15.1. The Labute approximate surface area is 520 Å². The molecule has 2 saturated carbocycles. The first-order valence-corrected chi connectivity index (χ1v) is 32.9. The van der Waals surface area contributed by atoms with Crippen LogP contribution in [0, 0.1) is 10.8 Å². The number of rotatable bonds is 19. The Hall–Kier alpha value is -7.50. The third-order valence-corrected chi connectivity index (χ3v) is 20.2. The summed E-state index contributed by atoms with van der Waals surface area (Å²) in [6, 6.07) is 40.2. The van der Waals surface area contributed by atoms with Gasteiger partial charge in [0.1, 0.15) is 16.5 Å². The maximum absolute atomic E-state index is 13.7. The van der Waals surface area contributed by atoms with Crippen molar-refractivity contribution < 1.29 is 26.3 Å². The second-order valence-electron chi connectivity index (χ2n) is 22.8. The molecule has 0 N–H and O–H groups in total. The predicted octanol–water partition coefficient (Wildman–Crippen LogP) is 10.0. The highest BCUT2D eigenvalue weighted by Crippen LogP contribution is 2.46. The predicted molar refractivity (Wildman–Crippen MR) is 340 cm³/mol. The lowest BCUT2D eigenvalue weighted by Gasteiger charge is -2.35. The summed E-state index contributed by atoms with van der Waals surface area (Å²) < 4.78 is 71.3. The number of nitrogens with zero attached hydrogens (tertiary/aromatic N) is 11. The molecule has 0 atom stereocenters. The van der Waals surface area contributed by atoms with E-state index in [1.165, 1.54) is 24.2 Å². The van der Waals surface area contributed by atoms with E-state index in [4.69, 9.17) is 49.3 Å². The van der Waals surface area contributed by atoms with Crippen LogP contribution in [0.5, 0.6) is 11.5 Å². The van der Waals surface area contributed by atoms with Gasteiger partial charge >= 0.3 is 11.1 Å². The Morgan fingerprint density at radius 1 is 0.529 bits per heavy atom. The molecule has 19 nitrogen and oxygen atoms in total. The molecular weight excluding hydrogens is 1210 g/mol.